The highest BCUT2D eigenvalue weighted by atomic mass is 32.2. The number of nitrogens with two attached hydrogens (primary N) is 1. The first-order valence-corrected chi connectivity index (χ1v) is 4.37. The fourth-order valence-corrected chi connectivity index (χ4v) is 2.12. The lowest BCUT2D eigenvalue weighted by Gasteiger charge is -2.02. The molecule has 1 aromatic rings. The van der Waals surface area contributed by atoms with E-state index in [1.54, 1.807) is 11.9 Å². The molecular weight excluding hydrogens is 156 g/mol. The molecule has 58 valence electrons. The van der Waals surface area contributed by atoms with Crippen molar-refractivity contribution in [3.63, 3.8) is 0 Å². The Kier molecular flexibility index (Phi) is 1.64. The summed E-state index contributed by atoms with van der Waals surface area (Å²) in [5.74, 6) is 0. The van der Waals surface area contributed by atoms with Crippen LogP contribution in [0.3, 0.4) is 0 Å². The van der Waals surface area contributed by atoms with Crippen LogP contribution in [0.5, 0.6) is 0 Å². The van der Waals surface area contributed by atoms with Gasteiger partial charge in [0, 0.05) is 4.90 Å². The fourth-order valence-electron chi connectivity index (χ4n) is 1.18. The van der Waals surface area contributed by atoms with Gasteiger partial charge in [0.05, 0.1) is 6.17 Å². The average molecular weight is 166 g/mol. The Labute approximate surface area is 70.3 Å². The van der Waals surface area contributed by atoms with Crippen LogP contribution in [0.25, 0.3) is 0 Å². The summed E-state index contributed by atoms with van der Waals surface area (Å²) in [5, 5.41) is 0. The van der Waals surface area contributed by atoms with Crippen molar-refractivity contribution in [3.05, 3.63) is 29.3 Å². The topological polar surface area (TPSA) is 38.0 Å². The Hall–Kier alpha value is -0.510. The van der Waals surface area contributed by atoms with Gasteiger partial charge in [-0.1, -0.05) is 12.1 Å². The predicted octanol–water partition coefficient (Wildman–Crippen LogP) is 1.56. The third-order valence-electron chi connectivity index (χ3n) is 1.80. The van der Waals surface area contributed by atoms with Crippen molar-refractivity contribution < 1.29 is 0 Å². The third kappa shape index (κ3) is 1.15. The molecule has 2 rings (SSSR count). The highest BCUT2D eigenvalue weighted by Crippen LogP contribution is 2.32. The molecule has 1 aromatic carbocycles. The van der Waals surface area contributed by atoms with E-state index in [9.17, 15) is 0 Å². The number of nitrogens with one attached hydrogen (secondary N) is 1. The van der Waals surface area contributed by atoms with E-state index in [1.807, 2.05) is 0 Å². The quantitative estimate of drug-likeness (QED) is 0.574. The molecule has 0 saturated heterocycles. The van der Waals surface area contributed by atoms with Crippen LogP contribution in [0, 0.1) is 6.92 Å². The molecule has 1 aliphatic rings. The third-order valence-corrected chi connectivity index (χ3v) is 2.75. The van der Waals surface area contributed by atoms with E-state index in [0.29, 0.717) is 0 Å². The summed E-state index contributed by atoms with van der Waals surface area (Å²) in [5.41, 5.74) is 8.26. The number of hydrogen-bond acceptors (Lipinski definition) is 3. The Bertz CT molecular complexity index is 285. The zero-order valence-electron chi connectivity index (χ0n) is 6.29. The maximum Gasteiger partial charge on any atom is 0.0916 e. The number of hydrogen-bond donors (Lipinski definition) is 2. The summed E-state index contributed by atoms with van der Waals surface area (Å²) < 4.78 is 3.11. The van der Waals surface area contributed by atoms with Gasteiger partial charge in [-0.25, -0.2) is 4.72 Å². The van der Waals surface area contributed by atoms with E-state index in [1.165, 1.54) is 16.0 Å². The van der Waals surface area contributed by atoms with Gasteiger partial charge < -0.3 is 5.73 Å². The molecule has 0 aromatic heterocycles. The van der Waals surface area contributed by atoms with Gasteiger partial charge in [0.25, 0.3) is 0 Å². The monoisotopic (exact) mass is 166 g/mol. The molecule has 0 saturated carbocycles. The van der Waals surface area contributed by atoms with Gasteiger partial charge in [0.15, 0.2) is 0 Å². The first-order chi connectivity index (χ1) is 5.27. The van der Waals surface area contributed by atoms with Gasteiger partial charge in [-0.2, -0.15) is 0 Å². The lowest BCUT2D eigenvalue weighted by Crippen LogP contribution is -2.17. The minimum Gasteiger partial charge on any atom is -0.311 e. The predicted molar refractivity (Wildman–Crippen MR) is 47.1 cm³/mol. The molecule has 2 nitrogen and oxygen atoms in total. The molecule has 0 radical (unpaired) electrons. The molecule has 3 heteroatoms. The SMILES string of the molecule is Cc1ccc2c(c1)SNC2N. The van der Waals surface area contributed by atoms with Gasteiger partial charge in [0.2, 0.25) is 0 Å². The van der Waals surface area contributed by atoms with Crippen molar-refractivity contribution in [2.75, 3.05) is 0 Å². The molecule has 0 aliphatic carbocycles. The van der Waals surface area contributed by atoms with Gasteiger partial charge in [-0.15, -0.1) is 0 Å². The highest BCUT2D eigenvalue weighted by Gasteiger charge is 2.18. The minimum absolute atomic E-state index is 0.00981. The van der Waals surface area contributed by atoms with Crippen LogP contribution < -0.4 is 10.5 Å². The van der Waals surface area contributed by atoms with Crippen LogP contribution in [0.2, 0.25) is 0 Å². The molecule has 0 bridgehead atoms. The van der Waals surface area contributed by atoms with Crippen LogP contribution in [0.15, 0.2) is 23.1 Å². The van der Waals surface area contributed by atoms with Crippen molar-refractivity contribution >= 4 is 11.9 Å². The van der Waals surface area contributed by atoms with Crippen molar-refractivity contribution in [2.45, 2.75) is 18.0 Å². The molecule has 1 heterocycles. The molecule has 0 amide bonds. The Morgan fingerprint density at radius 1 is 1.55 bits per heavy atom. The Balaban J connectivity index is 2.50. The molecule has 0 spiro atoms. The summed E-state index contributed by atoms with van der Waals surface area (Å²) in [4.78, 5) is 1.26. The fraction of sp³-hybridized carbons (Fsp3) is 0.250. The first-order valence-electron chi connectivity index (χ1n) is 3.56. The second-order valence-electron chi connectivity index (χ2n) is 2.74. The molecule has 11 heavy (non-hydrogen) atoms. The standard InChI is InChI=1S/C8H10N2S/c1-5-2-3-6-7(4-5)11-10-8(6)9/h2-4,8,10H,9H2,1H3. The van der Waals surface area contributed by atoms with Crippen molar-refractivity contribution in [2.24, 2.45) is 5.73 Å². The summed E-state index contributed by atoms with van der Waals surface area (Å²) in [7, 11) is 0. The second kappa shape index (κ2) is 2.52. The maximum absolute atomic E-state index is 5.76. The van der Waals surface area contributed by atoms with E-state index >= 15 is 0 Å². The minimum atomic E-state index is 0.00981. The molecule has 3 N–H and O–H groups in total. The van der Waals surface area contributed by atoms with Gasteiger partial charge in [-0.3, -0.25) is 0 Å². The van der Waals surface area contributed by atoms with Gasteiger partial charge in [-0.05, 0) is 36.1 Å². The number of aryl methyl sites for hydroxylation is 1. The Morgan fingerprint density at radius 3 is 3.18 bits per heavy atom. The van der Waals surface area contributed by atoms with Crippen LogP contribution in [0.4, 0.5) is 0 Å². The van der Waals surface area contributed by atoms with E-state index in [-0.39, 0.29) is 6.17 Å². The molecule has 1 unspecified atom stereocenters. The lowest BCUT2D eigenvalue weighted by atomic mass is 10.1. The lowest BCUT2D eigenvalue weighted by molar-refractivity contribution is 0.725. The Morgan fingerprint density at radius 2 is 2.36 bits per heavy atom. The molecular formula is C8H10N2S. The van der Waals surface area contributed by atoms with Gasteiger partial charge in [0.1, 0.15) is 0 Å². The highest BCUT2D eigenvalue weighted by molar-refractivity contribution is 7.97. The second-order valence-corrected chi connectivity index (χ2v) is 3.62. The first kappa shape index (κ1) is 7.16. The van der Waals surface area contributed by atoms with E-state index in [4.69, 9.17) is 5.73 Å². The van der Waals surface area contributed by atoms with Crippen LogP contribution in [-0.4, -0.2) is 0 Å². The summed E-state index contributed by atoms with van der Waals surface area (Å²) in [6, 6.07) is 6.33. The number of benzene rings is 1. The van der Waals surface area contributed by atoms with E-state index in [0.717, 1.165) is 0 Å². The molecule has 0 fully saturated rings. The van der Waals surface area contributed by atoms with Gasteiger partial charge >= 0.3 is 0 Å². The van der Waals surface area contributed by atoms with E-state index in [2.05, 4.69) is 29.8 Å². The van der Waals surface area contributed by atoms with Crippen LogP contribution >= 0.6 is 11.9 Å². The van der Waals surface area contributed by atoms with Crippen molar-refractivity contribution in [3.8, 4) is 0 Å². The largest absolute Gasteiger partial charge is 0.311 e. The van der Waals surface area contributed by atoms with Crippen LogP contribution in [0.1, 0.15) is 17.3 Å². The summed E-state index contributed by atoms with van der Waals surface area (Å²) in [6.45, 7) is 2.09. The zero-order valence-corrected chi connectivity index (χ0v) is 7.11. The van der Waals surface area contributed by atoms with E-state index < -0.39 is 0 Å². The summed E-state index contributed by atoms with van der Waals surface area (Å²) in [6.07, 6.45) is 0.00981. The normalized spacial score (nSPS) is 21.8. The summed E-state index contributed by atoms with van der Waals surface area (Å²) >= 11 is 1.62. The van der Waals surface area contributed by atoms with Crippen molar-refractivity contribution in [1.82, 2.24) is 4.72 Å². The smallest absolute Gasteiger partial charge is 0.0916 e. The average Bonchev–Trinajstić information content (AvgIpc) is 2.32. The zero-order chi connectivity index (χ0) is 7.84. The molecule has 1 aliphatic heterocycles. The number of fused-ring (bicyclic) bond motifs is 1. The van der Waals surface area contributed by atoms with Crippen molar-refractivity contribution in [1.29, 1.82) is 0 Å². The number of rotatable bonds is 0. The van der Waals surface area contributed by atoms with Crippen LogP contribution in [-0.2, 0) is 0 Å². The maximum atomic E-state index is 5.76. The molecule has 1 atom stereocenters.